The number of hydrogen-bond donors (Lipinski definition) is 3. The standard InChI is InChI=1S/C15H24N2O4.C11H16N2O4.C6H6N2O4.CH2O3.2K/c1-6-10(2)8-17-9-11(7-12(17)13(18)19)16-14(20)21-15(3,4)5;1-4-8(2)6-12-7-9(13(15)16)5-10(12)11(14)17-3;1-12-6(9)5-2-4(3-7-5)8(10)11;2-1-4-3;;/h7,9-10H,6,8H2,1-5H3,(H,16,20)(H,18,19);5,7-8H,4,6H2,1-3H3;2-3,7H,1H3;1,3H;;/q;;;;;+1/p-1. The van der Waals surface area contributed by atoms with Crippen molar-refractivity contribution >= 4 is 98.9 Å². The van der Waals surface area contributed by atoms with Gasteiger partial charge in [-0.25, -0.2) is 19.2 Å². The van der Waals surface area contributed by atoms with Gasteiger partial charge in [0, 0.05) is 82.8 Å². The van der Waals surface area contributed by atoms with E-state index in [2.05, 4.69) is 31.6 Å². The number of carbonyl (C=O) groups excluding carboxylic acids is 4. The molecule has 2 atom stereocenters. The first-order valence-electron chi connectivity index (χ1n) is 16.2. The predicted molar refractivity (Wildman–Crippen MR) is 194 cm³/mol. The van der Waals surface area contributed by atoms with Crippen molar-refractivity contribution < 1.29 is 115 Å². The number of esters is 2. The molecule has 0 aromatic carbocycles. The molecule has 21 nitrogen and oxygen atoms in total. The number of methoxy groups -OCH3 is 2. The summed E-state index contributed by atoms with van der Waals surface area (Å²) in [5.41, 5.74) is 0.0260. The molecule has 3 rings (SSSR count). The van der Waals surface area contributed by atoms with Gasteiger partial charge >= 0.3 is 75.4 Å². The number of nitrogens with one attached hydrogen (secondary N) is 2. The summed E-state index contributed by atoms with van der Waals surface area (Å²) in [6, 6.07) is 3.80. The number of ether oxygens (including phenoxy) is 3. The van der Waals surface area contributed by atoms with Gasteiger partial charge in [0.25, 0.3) is 17.8 Å². The van der Waals surface area contributed by atoms with E-state index in [4.69, 9.17) is 14.8 Å². The van der Waals surface area contributed by atoms with E-state index in [1.807, 2.05) is 20.8 Å². The molecule has 56 heavy (non-hydrogen) atoms. The molecule has 301 valence electrons. The number of carboxylic acid groups (broad SMARTS) is 1. The predicted octanol–water partition coefficient (Wildman–Crippen LogP) is 1.58. The van der Waals surface area contributed by atoms with Crippen molar-refractivity contribution in [2.24, 2.45) is 11.8 Å². The van der Waals surface area contributed by atoms with Crippen LogP contribution in [0.5, 0.6) is 0 Å². The van der Waals surface area contributed by atoms with Crippen molar-refractivity contribution in [1.29, 1.82) is 0 Å². The van der Waals surface area contributed by atoms with Gasteiger partial charge in [0.15, 0.2) is 0 Å². The Labute approximate surface area is 408 Å². The summed E-state index contributed by atoms with van der Waals surface area (Å²) in [5, 5.41) is 41.0. The van der Waals surface area contributed by atoms with Crippen molar-refractivity contribution in [2.45, 2.75) is 80.0 Å². The molecular formula is C33H47K2N6O15. The Hall–Kier alpha value is -2.98. The average Bonchev–Trinajstić information content (AvgIpc) is 3.86. The quantitative estimate of drug-likeness (QED) is 0.0419. The molecule has 0 spiro atoms. The second-order valence-corrected chi connectivity index (χ2v) is 12.4. The van der Waals surface area contributed by atoms with E-state index >= 15 is 0 Å². The second kappa shape index (κ2) is 29.3. The Morgan fingerprint density at radius 3 is 1.75 bits per heavy atom. The SMILES string of the molecule is CCC(C)Cn1cc(NC(=O)OC(C)(C)C)cc1C(=O)O.CCC(C)Cn1cc([N+](=O)[O-])cc1C(=O)OC.COC(=O)c1cc([N+](=O)[O-])c[nH]1.O=CO[O-].[K+].[K]. The number of aromatic carboxylic acids is 1. The van der Waals surface area contributed by atoms with Crippen LogP contribution in [-0.2, 0) is 37.0 Å². The largest absolute Gasteiger partial charge is 1.00 e. The minimum atomic E-state index is -1.02. The molecule has 3 aromatic rings. The van der Waals surface area contributed by atoms with Crippen molar-refractivity contribution in [3.05, 3.63) is 74.1 Å². The molecule has 0 aliphatic carbocycles. The number of anilines is 1. The number of nitrogens with zero attached hydrogens (tertiary/aromatic N) is 4. The van der Waals surface area contributed by atoms with Crippen LogP contribution >= 0.6 is 0 Å². The zero-order chi connectivity index (χ0) is 41.8. The van der Waals surface area contributed by atoms with Gasteiger partial charge < -0.3 is 43.6 Å². The van der Waals surface area contributed by atoms with Crippen molar-refractivity contribution in [1.82, 2.24) is 14.1 Å². The van der Waals surface area contributed by atoms with Crippen LogP contribution in [0.3, 0.4) is 0 Å². The van der Waals surface area contributed by atoms with E-state index in [0.29, 0.717) is 30.6 Å². The maximum Gasteiger partial charge on any atom is 1.00 e. The summed E-state index contributed by atoms with van der Waals surface area (Å²) in [5.74, 6) is -1.50. The van der Waals surface area contributed by atoms with Gasteiger partial charge in [-0.2, -0.15) is 0 Å². The van der Waals surface area contributed by atoms with Crippen LogP contribution in [0.15, 0.2) is 36.8 Å². The second-order valence-electron chi connectivity index (χ2n) is 12.4. The number of rotatable bonds is 13. The van der Waals surface area contributed by atoms with Crippen molar-refractivity contribution in [2.75, 3.05) is 19.5 Å². The van der Waals surface area contributed by atoms with Crippen LogP contribution in [0.1, 0.15) is 92.8 Å². The average molecular weight is 846 g/mol. The first-order chi connectivity index (χ1) is 25.2. The third-order valence-electron chi connectivity index (χ3n) is 6.98. The van der Waals surface area contributed by atoms with E-state index in [0.717, 1.165) is 25.1 Å². The number of hydrogen-bond acceptors (Lipinski definition) is 14. The van der Waals surface area contributed by atoms with Crippen molar-refractivity contribution in [3.8, 4) is 0 Å². The van der Waals surface area contributed by atoms with Crippen LogP contribution in [0.4, 0.5) is 21.9 Å². The summed E-state index contributed by atoms with van der Waals surface area (Å²) in [6.07, 6.45) is 5.42. The van der Waals surface area contributed by atoms with Gasteiger partial charge in [-0.1, -0.05) is 40.5 Å². The van der Waals surface area contributed by atoms with E-state index in [9.17, 15) is 44.5 Å². The Morgan fingerprint density at radius 1 is 0.893 bits per heavy atom. The fourth-order valence-electron chi connectivity index (χ4n) is 4.00. The van der Waals surface area contributed by atoms with E-state index in [1.54, 1.807) is 36.1 Å². The number of aromatic amines is 1. The molecule has 0 saturated carbocycles. The number of aromatic nitrogens is 3. The fourth-order valence-corrected chi connectivity index (χ4v) is 4.00. The van der Waals surface area contributed by atoms with Crippen LogP contribution < -0.4 is 62.0 Å². The summed E-state index contributed by atoms with van der Waals surface area (Å²) < 4.78 is 17.3. The van der Waals surface area contributed by atoms with Gasteiger partial charge in [-0.3, -0.25) is 30.3 Å². The third-order valence-corrected chi connectivity index (χ3v) is 6.98. The molecule has 0 saturated heterocycles. The van der Waals surface area contributed by atoms with Gasteiger partial charge in [-0.05, 0) is 38.7 Å². The van der Waals surface area contributed by atoms with E-state index in [-0.39, 0.29) is 138 Å². The van der Waals surface area contributed by atoms with Crippen molar-refractivity contribution in [3.63, 3.8) is 0 Å². The minimum absolute atomic E-state index is 0. The van der Waals surface area contributed by atoms with Gasteiger partial charge in [0.05, 0.1) is 42.1 Å². The molecule has 0 aliphatic heterocycles. The number of carbonyl (C=O) groups is 5. The summed E-state index contributed by atoms with van der Waals surface area (Å²) in [7, 11) is 2.46. The zero-order valence-electron chi connectivity index (χ0n) is 33.5. The monoisotopic (exact) mass is 845 g/mol. The molecular weight excluding hydrogens is 799 g/mol. The maximum absolute atomic E-state index is 11.7. The summed E-state index contributed by atoms with van der Waals surface area (Å²) in [6.45, 7) is 14.4. The van der Waals surface area contributed by atoms with E-state index in [1.165, 1.54) is 32.5 Å². The number of nitro groups is 2. The number of amides is 1. The smallest absolute Gasteiger partial charge is 0.662 e. The number of carboxylic acids is 1. The minimum Gasteiger partial charge on any atom is -0.662 e. The van der Waals surface area contributed by atoms with E-state index < -0.39 is 39.4 Å². The normalized spacial score (nSPS) is 10.9. The van der Waals surface area contributed by atoms with Crippen LogP contribution in [0.2, 0.25) is 0 Å². The van der Waals surface area contributed by atoms with Crippen LogP contribution in [0, 0.1) is 32.1 Å². The molecule has 0 bridgehead atoms. The summed E-state index contributed by atoms with van der Waals surface area (Å²) >= 11 is 0. The van der Waals surface area contributed by atoms with Gasteiger partial charge in [-0.15, -0.1) is 0 Å². The Kier molecular flexibility index (Phi) is 30.0. The first kappa shape index (κ1) is 57.3. The molecule has 0 fully saturated rings. The van der Waals surface area contributed by atoms with Gasteiger partial charge in [0.2, 0.25) is 0 Å². The number of H-pyrrole nitrogens is 1. The van der Waals surface area contributed by atoms with Crippen LogP contribution in [0.25, 0.3) is 0 Å². The molecule has 0 aliphatic rings. The molecule has 23 heteroatoms. The van der Waals surface area contributed by atoms with Gasteiger partial charge in [0.1, 0.15) is 22.7 Å². The molecule has 3 heterocycles. The molecule has 1 amide bonds. The third kappa shape index (κ3) is 22.1. The van der Waals surface area contributed by atoms with Crippen LogP contribution in [-0.4, -0.2) is 131 Å². The molecule has 2 unspecified atom stereocenters. The maximum atomic E-state index is 11.7. The summed E-state index contributed by atoms with van der Waals surface area (Å²) in [4.78, 5) is 78.6. The first-order valence-corrected chi connectivity index (χ1v) is 16.2. The molecule has 3 aromatic heterocycles. The Balaban J connectivity index is -0.000000724. The zero-order valence-corrected chi connectivity index (χ0v) is 39.7. The molecule has 3 N–H and O–H groups in total. The Bertz CT molecular complexity index is 1720. The molecule has 1 radical (unpaired) electrons. The Morgan fingerprint density at radius 2 is 1.38 bits per heavy atom. The fraction of sp³-hybridized carbons (Fsp3) is 0.485. The topological polar surface area (TPSA) is 290 Å².